The van der Waals surface area contributed by atoms with Crippen LogP contribution in [-0.4, -0.2) is 47.5 Å². The second kappa shape index (κ2) is 8.43. The lowest BCUT2D eigenvalue weighted by Crippen LogP contribution is -2.45. The number of carboxylic acid groups (broad SMARTS) is 1. The van der Waals surface area contributed by atoms with Crippen LogP contribution in [0.4, 0.5) is 10.7 Å². The lowest BCUT2D eigenvalue weighted by atomic mass is 10.0. The summed E-state index contributed by atoms with van der Waals surface area (Å²) in [5.41, 5.74) is 2.12. The fourth-order valence-corrected chi connectivity index (χ4v) is 5.53. The molecule has 2 saturated carbocycles. The van der Waals surface area contributed by atoms with E-state index in [0.717, 1.165) is 29.3 Å². The van der Waals surface area contributed by atoms with Crippen molar-refractivity contribution in [2.45, 2.75) is 24.9 Å². The summed E-state index contributed by atoms with van der Waals surface area (Å²) in [4.78, 5) is 20.2. The maximum Gasteiger partial charge on any atom is 0.404 e. The smallest absolute Gasteiger partial charge is 0.404 e. The Morgan fingerprint density at radius 3 is 2.52 bits per heavy atom. The lowest BCUT2D eigenvalue weighted by molar-refractivity contribution is 0.188. The summed E-state index contributed by atoms with van der Waals surface area (Å²) in [5.74, 6) is 2.42. The van der Waals surface area contributed by atoms with Crippen molar-refractivity contribution in [3.63, 3.8) is 0 Å². The standard InChI is InChI=1S/C23H22Cl2N4O4/c1-32-16-8-17(33-2)20(25)18(19(16)24)10-3-4-14-12(5-10)9-26-22(27-14)29-21-13-6-11(13)7-15(21)28-23(30)31/h3-5,8-9,11,13,15,21,28H,6-7H2,1-2H3,(H,30,31)(H,26,27,29)/t11-,13?,15-,21?/m0/s1. The maximum atomic E-state index is 11.1. The number of benzene rings is 2. The molecule has 0 spiro atoms. The molecular formula is C23H22Cl2N4O4. The Hall–Kier alpha value is -2.97. The fraction of sp³-hybridized carbons (Fsp3) is 0.348. The highest BCUT2D eigenvalue weighted by atomic mass is 35.5. The topological polar surface area (TPSA) is 106 Å². The van der Waals surface area contributed by atoms with E-state index >= 15 is 0 Å². The first kappa shape index (κ1) is 21.9. The minimum atomic E-state index is -1.01. The first-order valence-corrected chi connectivity index (χ1v) is 11.3. The third kappa shape index (κ3) is 3.98. The second-order valence-corrected chi connectivity index (χ2v) is 9.13. The van der Waals surface area contributed by atoms with Crippen molar-refractivity contribution in [3.05, 3.63) is 40.5 Å². The number of hydrogen-bond acceptors (Lipinski definition) is 6. The van der Waals surface area contributed by atoms with Gasteiger partial charge in [-0.1, -0.05) is 29.3 Å². The highest BCUT2D eigenvalue weighted by Crippen LogP contribution is 2.52. The number of nitrogens with one attached hydrogen (secondary N) is 2. The molecule has 4 atom stereocenters. The Labute approximate surface area is 200 Å². The van der Waals surface area contributed by atoms with Crippen molar-refractivity contribution < 1.29 is 19.4 Å². The monoisotopic (exact) mass is 488 g/mol. The number of fused-ring (bicyclic) bond motifs is 2. The van der Waals surface area contributed by atoms with Crippen molar-refractivity contribution in [1.82, 2.24) is 15.3 Å². The predicted molar refractivity (Wildman–Crippen MR) is 127 cm³/mol. The number of methoxy groups -OCH3 is 2. The van der Waals surface area contributed by atoms with Crippen LogP contribution in [0.25, 0.3) is 22.0 Å². The Morgan fingerprint density at radius 2 is 1.85 bits per heavy atom. The van der Waals surface area contributed by atoms with Crippen molar-refractivity contribution in [2.75, 3.05) is 19.5 Å². The molecule has 8 nitrogen and oxygen atoms in total. The van der Waals surface area contributed by atoms with Crippen LogP contribution >= 0.6 is 23.2 Å². The van der Waals surface area contributed by atoms with Gasteiger partial charge in [0.05, 0.1) is 41.9 Å². The quantitative estimate of drug-likeness (QED) is 0.444. The van der Waals surface area contributed by atoms with E-state index in [0.29, 0.717) is 44.9 Å². The van der Waals surface area contributed by atoms with E-state index in [1.807, 2.05) is 18.2 Å². The normalized spacial score (nSPS) is 23.2. The molecule has 5 rings (SSSR count). The van der Waals surface area contributed by atoms with Gasteiger partial charge in [-0.05, 0) is 42.4 Å². The molecule has 3 N–H and O–H groups in total. The van der Waals surface area contributed by atoms with Gasteiger partial charge in [0.25, 0.3) is 0 Å². The SMILES string of the molecule is COc1cc(OC)c(Cl)c(-c2ccc3nc(NC4C5C[C@H]5C[C@@H]4NC(=O)O)ncc3c2)c1Cl. The van der Waals surface area contributed by atoms with Gasteiger partial charge in [0.2, 0.25) is 5.95 Å². The predicted octanol–water partition coefficient (Wildman–Crippen LogP) is 5.08. The molecule has 1 aromatic heterocycles. The fourth-order valence-electron chi connectivity index (χ4n) is 4.81. The van der Waals surface area contributed by atoms with Crippen LogP contribution in [0.3, 0.4) is 0 Å². The van der Waals surface area contributed by atoms with E-state index in [1.165, 1.54) is 14.2 Å². The molecule has 2 aliphatic carbocycles. The van der Waals surface area contributed by atoms with Gasteiger partial charge in [0.1, 0.15) is 11.5 Å². The summed E-state index contributed by atoms with van der Waals surface area (Å²) in [6.07, 6.45) is 2.67. The molecule has 2 unspecified atom stereocenters. The molecule has 2 fully saturated rings. The largest absolute Gasteiger partial charge is 0.495 e. The Kier molecular flexibility index (Phi) is 5.58. The molecule has 0 saturated heterocycles. The van der Waals surface area contributed by atoms with E-state index < -0.39 is 6.09 Å². The van der Waals surface area contributed by atoms with Crippen LogP contribution in [0.2, 0.25) is 10.0 Å². The minimum Gasteiger partial charge on any atom is -0.495 e. The second-order valence-electron chi connectivity index (χ2n) is 8.37. The van der Waals surface area contributed by atoms with E-state index in [2.05, 4.69) is 20.6 Å². The summed E-state index contributed by atoms with van der Waals surface area (Å²) in [6.45, 7) is 0. The maximum absolute atomic E-state index is 11.1. The van der Waals surface area contributed by atoms with Crippen molar-refractivity contribution in [1.29, 1.82) is 0 Å². The van der Waals surface area contributed by atoms with Crippen LogP contribution in [0.15, 0.2) is 30.5 Å². The average Bonchev–Trinajstić information content (AvgIpc) is 3.48. The van der Waals surface area contributed by atoms with Gasteiger partial charge in [0, 0.05) is 23.2 Å². The summed E-state index contributed by atoms with van der Waals surface area (Å²) in [6, 6.07) is 7.16. The van der Waals surface area contributed by atoms with Crippen LogP contribution in [0.1, 0.15) is 12.8 Å². The van der Waals surface area contributed by atoms with Gasteiger partial charge in [-0.25, -0.2) is 14.8 Å². The molecule has 172 valence electrons. The summed E-state index contributed by atoms with van der Waals surface area (Å²) >= 11 is 13.1. The van der Waals surface area contributed by atoms with Crippen molar-refractivity contribution in [2.24, 2.45) is 11.8 Å². The number of halogens is 2. The summed E-state index contributed by atoms with van der Waals surface area (Å²) < 4.78 is 10.7. The number of aromatic nitrogens is 2. The van der Waals surface area contributed by atoms with Crippen LogP contribution in [-0.2, 0) is 0 Å². The number of hydrogen-bond donors (Lipinski definition) is 3. The van der Waals surface area contributed by atoms with Crippen LogP contribution in [0.5, 0.6) is 11.5 Å². The zero-order chi connectivity index (χ0) is 23.3. The summed E-state index contributed by atoms with van der Waals surface area (Å²) in [7, 11) is 3.07. The zero-order valence-corrected chi connectivity index (χ0v) is 19.4. The van der Waals surface area contributed by atoms with Crippen molar-refractivity contribution in [3.8, 4) is 22.6 Å². The Bertz CT molecular complexity index is 1230. The number of anilines is 1. The van der Waals surface area contributed by atoms with E-state index in [4.69, 9.17) is 37.8 Å². The lowest BCUT2D eigenvalue weighted by Gasteiger charge is -2.23. The Balaban J connectivity index is 1.46. The molecule has 3 aromatic rings. The van der Waals surface area contributed by atoms with Crippen LogP contribution < -0.4 is 20.1 Å². The molecule has 2 aliphatic rings. The van der Waals surface area contributed by atoms with E-state index in [9.17, 15) is 4.79 Å². The van der Waals surface area contributed by atoms with Gasteiger partial charge in [-0.15, -0.1) is 0 Å². The molecule has 33 heavy (non-hydrogen) atoms. The molecule has 1 amide bonds. The van der Waals surface area contributed by atoms with Crippen LogP contribution in [0, 0.1) is 11.8 Å². The molecule has 10 heteroatoms. The average molecular weight is 489 g/mol. The minimum absolute atomic E-state index is 0.00955. The zero-order valence-electron chi connectivity index (χ0n) is 17.9. The molecule has 2 aromatic carbocycles. The van der Waals surface area contributed by atoms with Gasteiger partial charge < -0.3 is 25.2 Å². The number of nitrogens with zero attached hydrogens (tertiary/aromatic N) is 2. The van der Waals surface area contributed by atoms with E-state index in [-0.39, 0.29) is 12.1 Å². The molecule has 0 aliphatic heterocycles. The third-order valence-electron chi connectivity index (χ3n) is 6.48. The first-order valence-electron chi connectivity index (χ1n) is 10.5. The molecule has 0 radical (unpaired) electrons. The number of ether oxygens (including phenoxy) is 2. The van der Waals surface area contributed by atoms with E-state index in [1.54, 1.807) is 12.3 Å². The summed E-state index contributed by atoms with van der Waals surface area (Å²) in [5, 5.41) is 16.7. The third-order valence-corrected chi connectivity index (χ3v) is 7.23. The number of carbonyl (C=O) groups is 1. The van der Waals surface area contributed by atoms with Gasteiger partial charge >= 0.3 is 6.09 Å². The molecular weight excluding hydrogens is 467 g/mol. The Morgan fingerprint density at radius 1 is 1.12 bits per heavy atom. The van der Waals surface area contributed by atoms with Gasteiger partial charge in [-0.3, -0.25) is 0 Å². The van der Waals surface area contributed by atoms with Gasteiger partial charge in [0.15, 0.2) is 0 Å². The van der Waals surface area contributed by atoms with Crippen molar-refractivity contribution >= 4 is 46.1 Å². The number of rotatable bonds is 6. The first-order chi connectivity index (χ1) is 15.9. The number of amides is 1. The van der Waals surface area contributed by atoms with Gasteiger partial charge in [-0.2, -0.15) is 0 Å². The molecule has 0 bridgehead atoms. The highest BCUT2D eigenvalue weighted by Gasteiger charge is 2.54. The highest BCUT2D eigenvalue weighted by molar-refractivity contribution is 6.41. The molecule has 1 heterocycles.